The molecule has 2 aliphatic carbocycles. The Morgan fingerprint density at radius 2 is 0.839 bits per heavy atom. The van der Waals surface area contributed by atoms with Gasteiger partial charge in [0.1, 0.15) is 0 Å². The van der Waals surface area contributed by atoms with Crippen molar-refractivity contribution >= 4 is 38.9 Å². The lowest BCUT2D eigenvalue weighted by molar-refractivity contribution is 0.660. The summed E-state index contributed by atoms with van der Waals surface area (Å²) in [6, 6.07) is 76.7. The van der Waals surface area contributed by atoms with Crippen molar-refractivity contribution in [2.24, 2.45) is 0 Å². The molecule has 296 valence electrons. The van der Waals surface area contributed by atoms with Gasteiger partial charge in [-0.25, -0.2) is 0 Å². The first kappa shape index (κ1) is 36.4. The Labute approximate surface area is 364 Å². The molecule has 0 saturated carbocycles. The van der Waals surface area contributed by atoms with Gasteiger partial charge in [-0.1, -0.05) is 185 Å². The maximum absolute atomic E-state index is 2.56. The van der Waals surface area contributed by atoms with Crippen LogP contribution in [0, 0.1) is 0 Å². The number of benzene rings is 9. The highest BCUT2D eigenvalue weighted by atomic mass is 15.2. The summed E-state index contributed by atoms with van der Waals surface area (Å²) >= 11 is 0. The van der Waals surface area contributed by atoms with E-state index in [4.69, 9.17) is 0 Å². The molecule has 0 aliphatic heterocycles. The number of fused-ring (bicyclic) bond motifs is 9. The second-order valence-corrected chi connectivity index (χ2v) is 18.1. The van der Waals surface area contributed by atoms with Gasteiger partial charge in [-0.2, -0.15) is 0 Å². The lowest BCUT2D eigenvalue weighted by atomic mass is 9.82. The van der Waals surface area contributed by atoms with Crippen LogP contribution in [0.15, 0.2) is 206 Å². The maximum atomic E-state index is 2.56. The van der Waals surface area contributed by atoms with E-state index in [0.29, 0.717) is 0 Å². The monoisotopic (exact) mass is 794 g/mol. The van der Waals surface area contributed by atoms with Crippen LogP contribution in [0.25, 0.3) is 72.0 Å². The smallest absolute Gasteiger partial charge is 0.0547 e. The van der Waals surface area contributed by atoms with Crippen molar-refractivity contribution in [2.75, 3.05) is 4.90 Å². The molecule has 62 heavy (non-hydrogen) atoms. The van der Waals surface area contributed by atoms with Crippen LogP contribution in [0.2, 0.25) is 0 Å². The van der Waals surface area contributed by atoms with E-state index < -0.39 is 0 Å². The molecule has 0 amide bonds. The number of hydrogen-bond donors (Lipinski definition) is 0. The minimum atomic E-state index is -0.150. The van der Waals surface area contributed by atoms with E-state index in [1.807, 2.05) is 0 Å². The molecule has 0 atom stereocenters. The fourth-order valence-electron chi connectivity index (χ4n) is 11.0. The average molecular weight is 795 g/mol. The molecule has 0 N–H and O–H groups in total. The second kappa shape index (κ2) is 13.5. The molecule has 0 saturated heterocycles. The Balaban J connectivity index is 1.12. The highest BCUT2D eigenvalue weighted by Gasteiger charge is 2.39. The van der Waals surface area contributed by atoms with Gasteiger partial charge in [0, 0.05) is 44.0 Å². The van der Waals surface area contributed by atoms with E-state index in [-0.39, 0.29) is 10.8 Å². The fourth-order valence-corrected chi connectivity index (χ4v) is 11.0. The largest absolute Gasteiger partial charge is 0.309 e. The number of aromatic nitrogens is 1. The highest BCUT2D eigenvalue weighted by Crippen LogP contribution is 2.56. The Kier molecular flexibility index (Phi) is 7.96. The summed E-state index contributed by atoms with van der Waals surface area (Å²) in [5.74, 6) is 0. The van der Waals surface area contributed by atoms with Gasteiger partial charge in [-0.15, -0.1) is 0 Å². The SMILES string of the molecule is CC1(C)c2ccccc2-c2cc(-c3ccccc3N(c3ccccc3-c3ccc4c5ccccc5n(-c5ccccc5)c4c3)c3cccc4c3-c3ccccc3C4(C)C)ccc21. The van der Waals surface area contributed by atoms with Gasteiger partial charge >= 0.3 is 0 Å². The molecule has 0 radical (unpaired) electrons. The van der Waals surface area contributed by atoms with Crippen molar-refractivity contribution in [1.29, 1.82) is 0 Å². The number of anilines is 3. The molecule has 1 heterocycles. The minimum Gasteiger partial charge on any atom is -0.309 e. The molecular formula is C60H46N2. The van der Waals surface area contributed by atoms with E-state index >= 15 is 0 Å². The number of rotatable bonds is 6. The summed E-state index contributed by atoms with van der Waals surface area (Å²) in [5.41, 5.74) is 22.2. The van der Waals surface area contributed by atoms with E-state index in [1.54, 1.807) is 0 Å². The molecular weight excluding hydrogens is 749 g/mol. The standard InChI is InChI=1S/C60H46N2/c1-59(2)49-26-13-8-23-44(49)48-37-39(34-36-51(48)59)42-21-10-15-29-53(42)62(56-32-18-28-52-58(56)47-25-9-14-27-50(47)60(52,3)4)54-30-16-11-22-43(54)40-33-35-46-45-24-12-17-31-55(45)61(57(46)38-40)41-19-6-5-7-20-41/h5-38H,1-4H3. The van der Waals surface area contributed by atoms with Crippen molar-refractivity contribution in [3.05, 3.63) is 229 Å². The zero-order valence-electron chi connectivity index (χ0n) is 35.5. The fraction of sp³-hybridized carbons (Fsp3) is 0.100. The molecule has 0 unspecified atom stereocenters. The van der Waals surface area contributed by atoms with Crippen molar-refractivity contribution in [2.45, 2.75) is 38.5 Å². The van der Waals surface area contributed by atoms with Gasteiger partial charge in [-0.3, -0.25) is 0 Å². The van der Waals surface area contributed by atoms with Crippen molar-refractivity contribution < 1.29 is 0 Å². The Hall–Kier alpha value is -7.42. The molecule has 0 bridgehead atoms. The second-order valence-electron chi connectivity index (χ2n) is 18.1. The van der Waals surface area contributed by atoms with E-state index in [2.05, 4.69) is 243 Å². The van der Waals surface area contributed by atoms with Crippen LogP contribution in [0.3, 0.4) is 0 Å². The predicted octanol–water partition coefficient (Wildman–Crippen LogP) is 16.2. The third-order valence-electron chi connectivity index (χ3n) is 14.0. The summed E-state index contributed by atoms with van der Waals surface area (Å²) in [5, 5.41) is 2.50. The van der Waals surface area contributed by atoms with Crippen LogP contribution in [0.4, 0.5) is 17.1 Å². The molecule has 0 fully saturated rings. The number of para-hydroxylation sites is 4. The van der Waals surface area contributed by atoms with Crippen molar-refractivity contribution in [1.82, 2.24) is 4.57 Å². The first-order chi connectivity index (χ1) is 30.3. The van der Waals surface area contributed by atoms with E-state index in [9.17, 15) is 0 Å². The topological polar surface area (TPSA) is 8.17 Å². The summed E-state index contributed by atoms with van der Waals surface area (Å²) in [7, 11) is 0. The van der Waals surface area contributed by atoms with Crippen LogP contribution in [0.1, 0.15) is 49.9 Å². The normalized spacial score (nSPS) is 14.1. The van der Waals surface area contributed by atoms with Crippen LogP contribution < -0.4 is 4.90 Å². The lowest BCUT2D eigenvalue weighted by Gasteiger charge is -2.32. The third kappa shape index (κ3) is 5.23. The Morgan fingerprint density at radius 1 is 0.339 bits per heavy atom. The first-order valence-corrected chi connectivity index (χ1v) is 21.9. The summed E-state index contributed by atoms with van der Waals surface area (Å²) in [6.45, 7) is 9.46. The first-order valence-electron chi connectivity index (χ1n) is 21.9. The van der Waals surface area contributed by atoms with Gasteiger partial charge in [-0.05, 0) is 98.6 Å². The number of nitrogens with zero attached hydrogens (tertiary/aromatic N) is 2. The van der Waals surface area contributed by atoms with E-state index in [0.717, 1.165) is 17.1 Å². The maximum Gasteiger partial charge on any atom is 0.0547 e. The molecule has 2 heteroatoms. The average Bonchev–Trinajstić information content (AvgIpc) is 3.86. The quantitative estimate of drug-likeness (QED) is 0.163. The van der Waals surface area contributed by atoms with Crippen LogP contribution in [-0.2, 0) is 10.8 Å². The van der Waals surface area contributed by atoms with Gasteiger partial charge in [0.25, 0.3) is 0 Å². The van der Waals surface area contributed by atoms with Gasteiger partial charge < -0.3 is 9.47 Å². The summed E-state index contributed by atoms with van der Waals surface area (Å²) in [6.07, 6.45) is 0. The summed E-state index contributed by atoms with van der Waals surface area (Å²) in [4.78, 5) is 2.56. The third-order valence-corrected chi connectivity index (χ3v) is 14.0. The zero-order chi connectivity index (χ0) is 41.7. The molecule has 12 rings (SSSR count). The predicted molar refractivity (Wildman–Crippen MR) is 261 cm³/mol. The highest BCUT2D eigenvalue weighted by molar-refractivity contribution is 6.11. The van der Waals surface area contributed by atoms with Crippen LogP contribution in [0.5, 0.6) is 0 Å². The van der Waals surface area contributed by atoms with Gasteiger partial charge in [0.2, 0.25) is 0 Å². The van der Waals surface area contributed by atoms with Gasteiger partial charge in [0.15, 0.2) is 0 Å². The van der Waals surface area contributed by atoms with E-state index in [1.165, 1.54) is 94.3 Å². The zero-order valence-corrected chi connectivity index (χ0v) is 35.5. The van der Waals surface area contributed by atoms with Crippen molar-refractivity contribution in [3.63, 3.8) is 0 Å². The molecule has 10 aromatic rings. The van der Waals surface area contributed by atoms with Crippen molar-refractivity contribution in [3.8, 4) is 50.2 Å². The molecule has 0 spiro atoms. The lowest BCUT2D eigenvalue weighted by Crippen LogP contribution is -2.16. The minimum absolute atomic E-state index is 0.0624. The van der Waals surface area contributed by atoms with Crippen LogP contribution >= 0.6 is 0 Å². The Morgan fingerprint density at radius 3 is 1.58 bits per heavy atom. The van der Waals surface area contributed by atoms with Gasteiger partial charge in [0.05, 0.1) is 28.1 Å². The molecule has 2 aliphatic rings. The molecule has 1 aromatic heterocycles. The number of hydrogen-bond acceptors (Lipinski definition) is 1. The Bertz CT molecular complexity index is 3420. The molecule has 9 aromatic carbocycles. The van der Waals surface area contributed by atoms with Crippen LogP contribution in [-0.4, -0.2) is 4.57 Å². The molecule has 2 nitrogen and oxygen atoms in total. The summed E-state index contributed by atoms with van der Waals surface area (Å²) < 4.78 is 2.42.